The van der Waals surface area contributed by atoms with Crippen LogP contribution in [0.25, 0.3) is 0 Å². The average molecular weight is 348 g/mol. The highest BCUT2D eigenvalue weighted by Crippen LogP contribution is 2.15. The predicted molar refractivity (Wildman–Crippen MR) is 102 cm³/mol. The SMILES string of the molecule is CCN1CCCC1CNC(=NC)NCc1ccc(OCCOC)cc1. The molecule has 140 valence electrons. The first-order valence-corrected chi connectivity index (χ1v) is 9.16. The first kappa shape index (κ1) is 19.5. The Morgan fingerprint density at radius 1 is 1.24 bits per heavy atom. The van der Waals surface area contributed by atoms with Gasteiger partial charge in [0.05, 0.1) is 6.61 Å². The molecule has 0 bridgehead atoms. The van der Waals surface area contributed by atoms with Gasteiger partial charge in [0.15, 0.2) is 5.96 Å². The molecule has 2 N–H and O–H groups in total. The molecule has 1 saturated heterocycles. The maximum absolute atomic E-state index is 5.58. The third-order valence-electron chi connectivity index (χ3n) is 4.57. The number of rotatable bonds is 9. The number of methoxy groups -OCH3 is 1. The van der Waals surface area contributed by atoms with E-state index in [0.29, 0.717) is 19.3 Å². The highest BCUT2D eigenvalue weighted by molar-refractivity contribution is 5.79. The van der Waals surface area contributed by atoms with Crippen LogP contribution in [0, 0.1) is 0 Å². The molecule has 0 aromatic heterocycles. The molecule has 6 heteroatoms. The molecule has 1 atom stereocenters. The normalized spacial score (nSPS) is 18.4. The smallest absolute Gasteiger partial charge is 0.191 e. The summed E-state index contributed by atoms with van der Waals surface area (Å²) in [5, 5.41) is 6.82. The first-order valence-electron chi connectivity index (χ1n) is 9.16. The fourth-order valence-electron chi connectivity index (χ4n) is 3.11. The number of nitrogens with one attached hydrogen (secondary N) is 2. The number of aliphatic imine (C=N–C) groups is 1. The van der Waals surface area contributed by atoms with E-state index >= 15 is 0 Å². The Morgan fingerprint density at radius 2 is 2.04 bits per heavy atom. The summed E-state index contributed by atoms with van der Waals surface area (Å²) in [6, 6.07) is 8.73. The zero-order chi connectivity index (χ0) is 17.9. The van der Waals surface area contributed by atoms with Gasteiger partial charge in [-0.15, -0.1) is 0 Å². The second-order valence-corrected chi connectivity index (χ2v) is 6.22. The standard InChI is InChI=1S/C19H32N4O2/c1-4-23-11-5-6-17(23)15-22-19(20-2)21-14-16-7-9-18(10-8-16)25-13-12-24-3/h7-10,17H,4-6,11-15H2,1-3H3,(H2,20,21,22). The molecule has 2 rings (SSSR count). The van der Waals surface area contributed by atoms with Crippen LogP contribution in [0.1, 0.15) is 25.3 Å². The number of nitrogens with zero attached hydrogens (tertiary/aromatic N) is 2. The van der Waals surface area contributed by atoms with Crippen molar-refractivity contribution in [3.8, 4) is 5.75 Å². The second-order valence-electron chi connectivity index (χ2n) is 6.22. The van der Waals surface area contributed by atoms with Crippen LogP contribution in [-0.4, -0.2) is 63.9 Å². The van der Waals surface area contributed by atoms with Crippen molar-refractivity contribution in [1.82, 2.24) is 15.5 Å². The average Bonchev–Trinajstić information content (AvgIpc) is 3.11. The molecule has 1 aliphatic rings. The van der Waals surface area contributed by atoms with E-state index in [1.807, 2.05) is 19.2 Å². The van der Waals surface area contributed by atoms with E-state index in [1.165, 1.54) is 24.9 Å². The Labute approximate surface area is 151 Å². The van der Waals surface area contributed by atoms with Crippen molar-refractivity contribution in [2.24, 2.45) is 4.99 Å². The highest BCUT2D eigenvalue weighted by Gasteiger charge is 2.22. The lowest BCUT2D eigenvalue weighted by Gasteiger charge is -2.24. The monoisotopic (exact) mass is 348 g/mol. The number of guanidine groups is 1. The topological polar surface area (TPSA) is 58.1 Å². The molecule has 1 heterocycles. The van der Waals surface area contributed by atoms with Gasteiger partial charge in [-0.05, 0) is 43.6 Å². The van der Waals surface area contributed by atoms with E-state index in [-0.39, 0.29) is 0 Å². The minimum absolute atomic E-state index is 0.570. The lowest BCUT2D eigenvalue weighted by Crippen LogP contribution is -2.44. The van der Waals surface area contributed by atoms with Crippen molar-refractivity contribution in [2.75, 3.05) is 47.0 Å². The zero-order valence-corrected chi connectivity index (χ0v) is 15.8. The summed E-state index contributed by atoms with van der Waals surface area (Å²) in [6.07, 6.45) is 2.56. The Bertz CT molecular complexity index is 519. The molecule has 6 nitrogen and oxygen atoms in total. The molecule has 25 heavy (non-hydrogen) atoms. The predicted octanol–water partition coefficient (Wildman–Crippen LogP) is 1.86. The van der Waals surface area contributed by atoms with Crippen LogP contribution in [0.3, 0.4) is 0 Å². The van der Waals surface area contributed by atoms with Crippen molar-refractivity contribution >= 4 is 5.96 Å². The maximum Gasteiger partial charge on any atom is 0.191 e. The van der Waals surface area contributed by atoms with Crippen molar-refractivity contribution in [3.05, 3.63) is 29.8 Å². The quantitative estimate of drug-likeness (QED) is 0.405. The number of hydrogen-bond donors (Lipinski definition) is 2. The number of ether oxygens (including phenoxy) is 2. The number of likely N-dealkylation sites (N-methyl/N-ethyl adjacent to an activating group) is 1. The number of hydrogen-bond acceptors (Lipinski definition) is 4. The Hall–Kier alpha value is -1.79. The summed E-state index contributed by atoms with van der Waals surface area (Å²) in [5.74, 6) is 1.72. The number of benzene rings is 1. The minimum atomic E-state index is 0.570. The Balaban J connectivity index is 1.73. The third-order valence-corrected chi connectivity index (χ3v) is 4.57. The molecule has 1 aromatic rings. The molecular formula is C19H32N4O2. The van der Waals surface area contributed by atoms with Crippen molar-refractivity contribution < 1.29 is 9.47 Å². The molecule has 1 unspecified atom stereocenters. The van der Waals surface area contributed by atoms with Gasteiger partial charge in [0.2, 0.25) is 0 Å². The molecule has 0 amide bonds. The van der Waals surface area contributed by atoms with E-state index in [1.54, 1.807) is 7.11 Å². The van der Waals surface area contributed by atoms with Crippen molar-refractivity contribution in [2.45, 2.75) is 32.4 Å². The van der Waals surface area contributed by atoms with Crippen LogP contribution in [0.4, 0.5) is 0 Å². The highest BCUT2D eigenvalue weighted by atomic mass is 16.5. The summed E-state index contributed by atoms with van der Waals surface area (Å²) in [6.45, 7) is 7.42. The van der Waals surface area contributed by atoms with E-state index in [9.17, 15) is 0 Å². The van der Waals surface area contributed by atoms with Crippen LogP contribution in [-0.2, 0) is 11.3 Å². The molecule has 0 radical (unpaired) electrons. The van der Waals surface area contributed by atoms with Crippen LogP contribution in [0.15, 0.2) is 29.3 Å². The van der Waals surface area contributed by atoms with Gasteiger partial charge in [0.1, 0.15) is 12.4 Å². The minimum Gasteiger partial charge on any atom is -0.491 e. The van der Waals surface area contributed by atoms with Gasteiger partial charge in [-0.3, -0.25) is 9.89 Å². The maximum atomic E-state index is 5.58. The molecule has 0 saturated carbocycles. The van der Waals surface area contributed by atoms with E-state index in [0.717, 1.165) is 31.3 Å². The van der Waals surface area contributed by atoms with E-state index < -0.39 is 0 Å². The summed E-state index contributed by atoms with van der Waals surface area (Å²) in [4.78, 5) is 6.85. The summed E-state index contributed by atoms with van der Waals surface area (Å²) < 4.78 is 10.6. The van der Waals surface area contributed by atoms with Gasteiger partial charge in [0, 0.05) is 33.3 Å². The lowest BCUT2D eigenvalue weighted by molar-refractivity contribution is 0.146. The van der Waals surface area contributed by atoms with Gasteiger partial charge in [-0.25, -0.2) is 0 Å². The summed E-state index contributed by atoms with van der Waals surface area (Å²) in [7, 11) is 3.49. The summed E-state index contributed by atoms with van der Waals surface area (Å²) in [5.41, 5.74) is 1.19. The van der Waals surface area contributed by atoms with Gasteiger partial charge in [-0.2, -0.15) is 0 Å². The van der Waals surface area contributed by atoms with Crippen LogP contribution >= 0.6 is 0 Å². The largest absolute Gasteiger partial charge is 0.491 e. The zero-order valence-electron chi connectivity index (χ0n) is 15.8. The first-order chi connectivity index (χ1) is 12.3. The molecule has 1 aliphatic heterocycles. The Kier molecular flexibility index (Phi) is 8.55. The van der Waals surface area contributed by atoms with Crippen LogP contribution in [0.2, 0.25) is 0 Å². The summed E-state index contributed by atoms with van der Waals surface area (Å²) >= 11 is 0. The van der Waals surface area contributed by atoms with Gasteiger partial charge >= 0.3 is 0 Å². The molecule has 1 aromatic carbocycles. The van der Waals surface area contributed by atoms with Crippen molar-refractivity contribution in [1.29, 1.82) is 0 Å². The molecule has 1 fully saturated rings. The Morgan fingerprint density at radius 3 is 2.72 bits per heavy atom. The number of likely N-dealkylation sites (tertiary alicyclic amines) is 1. The van der Waals surface area contributed by atoms with Gasteiger partial charge < -0.3 is 20.1 Å². The fraction of sp³-hybridized carbons (Fsp3) is 0.632. The van der Waals surface area contributed by atoms with Crippen LogP contribution < -0.4 is 15.4 Å². The lowest BCUT2D eigenvalue weighted by atomic mass is 10.2. The molecular weight excluding hydrogens is 316 g/mol. The molecule has 0 aliphatic carbocycles. The van der Waals surface area contributed by atoms with Crippen LogP contribution in [0.5, 0.6) is 5.75 Å². The third kappa shape index (κ3) is 6.55. The molecule has 0 spiro atoms. The fourth-order valence-corrected chi connectivity index (χ4v) is 3.11. The van der Waals surface area contributed by atoms with Gasteiger partial charge in [0.25, 0.3) is 0 Å². The van der Waals surface area contributed by atoms with Crippen molar-refractivity contribution in [3.63, 3.8) is 0 Å². The van der Waals surface area contributed by atoms with E-state index in [2.05, 4.69) is 39.6 Å². The van der Waals surface area contributed by atoms with Gasteiger partial charge in [-0.1, -0.05) is 19.1 Å². The second kappa shape index (κ2) is 10.9. The van der Waals surface area contributed by atoms with E-state index in [4.69, 9.17) is 9.47 Å².